The number of carbonyl (C=O) groups excluding carboxylic acids is 1. The lowest BCUT2D eigenvalue weighted by Crippen LogP contribution is -2.19. The van der Waals surface area contributed by atoms with Gasteiger partial charge in [0.25, 0.3) is 5.91 Å². The summed E-state index contributed by atoms with van der Waals surface area (Å²) in [6.45, 7) is 2.21. The molecular weight excluding hydrogens is 454 g/mol. The first kappa shape index (κ1) is 23.0. The first-order valence-electron chi connectivity index (χ1n) is 11.4. The van der Waals surface area contributed by atoms with Crippen LogP contribution < -0.4 is 21.9 Å². The largest absolute Gasteiger partial charge is 0.476 e. The Kier molecular flexibility index (Phi) is 6.05. The second-order valence-electron chi connectivity index (χ2n) is 8.46. The lowest BCUT2D eigenvalue weighted by molar-refractivity contribution is 0.0996. The molecule has 0 bridgehead atoms. The Morgan fingerprint density at radius 3 is 2.61 bits per heavy atom. The number of nitrogens with one attached hydrogen (secondary N) is 1. The Hall–Kier alpha value is -4.76. The van der Waals surface area contributed by atoms with E-state index in [2.05, 4.69) is 20.2 Å². The number of aryl methyl sites for hydroxylation is 1. The zero-order chi connectivity index (χ0) is 25.2. The molecule has 0 aliphatic carbocycles. The average molecular weight is 480 g/mol. The van der Waals surface area contributed by atoms with E-state index in [9.17, 15) is 4.79 Å². The van der Waals surface area contributed by atoms with Crippen molar-refractivity contribution in [3.63, 3.8) is 0 Å². The van der Waals surface area contributed by atoms with Crippen LogP contribution in [0, 0.1) is 6.92 Å². The minimum atomic E-state index is -0.728. The van der Waals surface area contributed by atoms with Crippen molar-refractivity contribution in [3.05, 3.63) is 89.7 Å². The quantitative estimate of drug-likeness (QED) is 0.276. The predicted octanol–water partition coefficient (Wildman–Crippen LogP) is 3.76. The molecule has 0 aliphatic heterocycles. The maximum Gasteiger partial charge on any atom is 0.269 e. The summed E-state index contributed by atoms with van der Waals surface area (Å²) in [6.07, 6.45) is 1.73. The summed E-state index contributed by atoms with van der Waals surface area (Å²) in [5, 5.41) is 7.99. The van der Waals surface area contributed by atoms with E-state index in [1.807, 2.05) is 49.4 Å². The number of carbonyl (C=O) groups is 1. The standard InChI is InChI=1S/C27H25N7O2/c1-15-10-11-20-18(13-31-34-20)24(15)17-12-22(33-26(25(17)29)27(30)35)21-8-5-9-23(32-21)36-14-19(28)16-6-3-2-4-7-16/h2-13,19H,14,28-29H2,1H3,(H2,30,35)(H,31,34)/t19-/m0/s1. The Bertz CT molecular complexity index is 1560. The van der Waals surface area contributed by atoms with Crippen LogP contribution in [-0.4, -0.2) is 32.7 Å². The molecule has 9 nitrogen and oxygen atoms in total. The predicted molar refractivity (Wildman–Crippen MR) is 139 cm³/mol. The van der Waals surface area contributed by atoms with Crippen LogP contribution in [0.25, 0.3) is 33.4 Å². The van der Waals surface area contributed by atoms with Gasteiger partial charge in [-0.1, -0.05) is 42.5 Å². The summed E-state index contributed by atoms with van der Waals surface area (Å²) in [5.41, 5.74) is 23.7. The first-order chi connectivity index (χ1) is 17.4. The van der Waals surface area contributed by atoms with Gasteiger partial charge in [0.1, 0.15) is 6.61 Å². The van der Waals surface area contributed by atoms with Crippen LogP contribution in [0.4, 0.5) is 5.69 Å². The van der Waals surface area contributed by atoms with Gasteiger partial charge in [-0.05, 0) is 41.8 Å². The lowest BCUT2D eigenvalue weighted by Gasteiger charge is -2.15. The number of rotatable bonds is 7. The molecule has 5 aromatic rings. The lowest BCUT2D eigenvalue weighted by atomic mass is 9.94. The fraction of sp³-hybridized carbons (Fsp3) is 0.111. The number of nitrogens with two attached hydrogens (primary N) is 3. The van der Waals surface area contributed by atoms with Gasteiger partial charge in [0, 0.05) is 17.0 Å². The van der Waals surface area contributed by atoms with Crippen molar-refractivity contribution < 1.29 is 9.53 Å². The number of aromatic nitrogens is 4. The molecule has 0 fully saturated rings. The van der Waals surface area contributed by atoms with Crippen molar-refractivity contribution in [1.82, 2.24) is 20.2 Å². The summed E-state index contributed by atoms with van der Waals surface area (Å²) < 4.78 is 5.87. The third kappa shape index (κ3) is 4.35. The fourth-order valence-electron chi connectivity index (χ4n) is 4.17. The van der Waals surface area contributed by atoms with Crippen LogP contribution >= 0.6 is 0 Å². The number of hydrogen-bond donors (Lipinski definition) is 4. The van der Waals surface area contributed by atoms with Crippen LogP contribution in [0.3, 0.4) is 0 Å². The van der Waals surface area contributed by atoms with E-state index in [0.29, 0.717) is 22.8 Å². The number of pyridine rings is 2. The van der Waals surface area contributed by atoms with Gasteiger partial charge in [-0.15, -0.1) is 0 Å². The van der Waals surface area contributed by atoms with Gasteiger partial charge in [0.2, 0.25) is 5.88 Å². The number of primary amides is 1. The second kappa shape index (κ2) is 9.47. The van der Waals surface area contributed by atoms with Crippen LogP contribution in [-0.2, 0) is 0 Å². The maximum absolute atomic E-state index is 12.3. The number of ether oxygens (including phenoxy) is 1. The highest BCUT2D eigenvalue weighted by Gasteiger charge is 2.20. The van der Waals surface area contributed by atoms with Crippen molar-refractivity contribution in [2.45, 2.75) is 13.0 Å². The SMILES string of the molecule is Cc1ccc2[nH]ncc2c1-c1cc(-c2cccc(OC[C@H](N)c3ccccc3)n2)nc(C(N)=O)c1N. The third-order valence-electron chi connectivity index (χ3n) is 6.02. The summed E-state index contributed by atoms with van der Waals surface area (Å²) in [5.74, 6) is -0.346. The summed E-state index contributed by atoms with van der Waals surface area (Å²) in [4.78, 5) is 21.3. The Morgan fingerprint density at radius 1 is 1.03 bits per heavy atom. The Balaban J connectivity index is 1.54. The topological polar surface area (TPSA) is 159 Å². The van der Waals surface area contributed by atoms with Gasteiger partial charge in [-0.25, -0.2) is 9.97 Å². The molecule has 5 rings (SSSR count). The normalized spacial score (nSPS) is 11.9. The molecule has 0 spiro atoms. The van der Waals surface area contributed by atoms with Crippen molar-refractivity contribution in [3.8, 4) is 28.4 Å². The molecule has 36 heavy (non-hydrogen) atoms. The maximum atomic E-state index is 12.3. The Labute approximate surface area is 207 Å². The van der Waals surface area contributed by atoms with Gasteiger partial charge < -0.3 is 21.9 Å². The van der Waals surface area contributed by atoms with Crippen molar-refractivity contribution in [2.75, 3.05) is 12.3 Å². The van der Waals surface area contributed by atoms with Crippen LogP contribution in [0.2, 0.25) is 0 Å². The van der Waals surface area contributed by atoms with E-state index < -0.39 is 5.91 Å². The number of hydrogen-bond acceptors (Lipinski definition) is 7. The van der Waals surface area contributed by atoms with Crippen LogP contribution in [0.1, 0.15) is 27.7 Å². The second-order valence-corrected chi connectivity index (χ2v) is 8.46. The molecule has 1 amide bonds. The molecule has 180 valence electrons. The van der Waals surface area contributed by atoms with E-state index in [4.69, 9.17) is 21.9 Å². The van der Waals surface area contributed by atoms with Gasteiger partial charge in [-0.2, -0.15) is 5.10 Å². The van der Waals surface area contributed by atoms with E-state index in [0.717, 1.165) is 27.6 Å². The number of nitrogens with zero attached hydrogens (tertiary/aromatic N) is 3. The molecule has 0 unspecified atom stereocenters. The average Bonchev–Trinajstić information content (AvgIpc) is 3.37. The highest BCUT2D eigenvalue weighted by Crippen LogP contribution is 2.37. The molecule has 2 aromatic carbocycles. The minimum Gasteiger partial charge on any atom is -0.476 e. The number of aromatic amines is 1. The third-order valence-corrected chi connectivity index (χ3v) is 6.02. The summed E-state index contributed by atoms with van der Waals surface area (Å²) in [7, 11) is 0. The Morgan fingerprint density at radius 2 is 1.83 bits per heavy atom. The number of nitrogen functional groups attached to an aromatic ring is 1. The molecular formula is C27H25N7O2. The molecule has 7 N–H and O–H groups in total. The smallest absolute Gasteiger partial charge is 0.269 e. The molecule has 3 aromatic heterocycles. The van der Waals surface area contributed by atoms with E-state index >= 15 is 0 Å². The van der Waals surface area contributed by atoms with Gasteiger partial charge in [0.05, 0.1) is 34.8 Å². The minimum absolute atomic E-state index is 0.0263. The molecule has 0 saturated carbocycles. The van der Waals surface area contributed by atoms with Gasteiger partial charge >= 0.3 is 0 Å². The monoisotopic (exact) mass is 479 g/mol. The molecule has 0 saturated heterocycles. The summed E-state index contributed by atoms with van der Waals surface area (Å²) in [6, 6.07) is 20.4. The molecule has 0 aliphatic rings. The number of anilines is 1. The highest BCUT2D eigenvalue weighted by molar-refractivity contribution is 6.05. The van der Waals surface area contributed by atoms with Crippen molar-refractivity contribution >= 4 is 22.5 Å². The van der Waals surface area contributed by atoms with Gasteiger partial charge in [-0.3, -0.25) is 9.89 Å². The number of amides is 1. The first-order valence-corrected chi connectivity index (χ1v) is 11.4. The number of benzene rings is 2. The van der Waals surface area contributed by atoms with E-state index in [-0.39, 0.29) is 24.0 Å². The molecule has 3 heterocycles. The number of fused-ring (bicyclic) bond motifs is 1. The van der Waals surface area contributed by atoms with Gasteiger partial charge in [0.15, 0.2) is 5.69 Å². The molecule has 9 heteroatoms. The molecule has 0 radical (unpaired) electrons. The zero-order valence-electron chi connectivity index (χ0n) is 19.6. The van der Waals surface area contributed by atoms with E-state index in [1.54, 1.807) is 30.5 Å². The van der Waals surface area contributed by atoms with E-state index in [1.165, 1.54) is 0 Å². The fourth-order valence-corrected chi connectivity index (χ4v) is 4.17. The van der Waals surface area contributed by atoms with Crippen molar-refractivity contribution in [1.29, 1.82) is 0 Å². The summed E-state index contributed by atoms with van der Waals surface area (Å²) >= 11 is 0. The molecule has 1 atom stereocenters. The van der Waals surface area contributed by atoms with Crippen LogP contribution in [0.5, 0.6) is 5.88 Å². The highest BCUT2D eigenvalue weighted by atomic mass is 16.5. The van der Waals surface area contributed by atoms with Crippen molar-refractivity contribution in [2.24, 2.45) is 11.5 Å². The van der Waals surface area contributed by atoms with Crippen LogP contribution in [0.15, 0.2) is 72.9 Å². The number of H-pyrrole nitrogens is 1. The zero-order valence-corrected chi connectivity index (χ0v) is 19.6.